The molecule has 12 nitrogen and oxygen atoms in total. The van der Waals surface area contributed by atoms with E-state index in [1.54, 1.807) is 12.1 Å². The van der Waals surface area contributed by atoms with Gasteiger partial charge in [-0.05, 0) is 56.0 Å². The van der Waals surface area contributed by atoms with Crippen molar-refractivity contribution in [2.24, 2.45) is 5.11 Å². The van der Waals surface area contributed by atoms with Gasteiger partial charge in [-0.2, -0.15) is 0 Å². The lowest BCUT2D eigenvalue weighted by molar-refractivity contribution is -0.149. The summed E-state index contributed by atoms with van der Waals surface area (Å²) in [5.74, 6) is -12.7. The summed E-state index contributed by atoms with van der Waals surface area (Å²) in [6.07, 6.45) is 1.47. The number of likely N-dealkylation sites (tertiary alicyclic amines) is 1. The topological polar surface area (TPSA) is 185 Å². The Hall–Kier alpha value is -4.69. The Morgan fingerprint density at radius 2 is 1.64 bits per heavy atom. The lowest BCUT2D eigenvalue weighted by atomic mass is 10.0. The highest BCUT2D eigenvalue weighted by molar-refractivity contribution is 5.95. The monoisotopic (exact) mass is 622 g/mol. The van der Waals surface area contributed by atoms with E-state index in [1.807, 2.05) is 18.2 Å². The molecule has 1 saturated heterocycles. The van der Waals surface area contributed by atoms with E-state index in [1.165, 1.54) is 4.90 Å². The van der Waals surface area contributed by atoms with Crippen LogP contribution in [-0.4, -0.2) is 70.1 Å². The molecule has 44 heavy (non-hydrogen) atoms. The van der Waals surface area contributed by atoms with E-state index < -0.39 is 76.4 Å². The van der Waals surface area contributed by atoms with Crippen LogP contribution in [0.4, 0.5) is 23.2 Å². The first-order valence-corrected chi connectivity index (χ1v) is 13.7. The molecule has 0 aromatic heterocycles. The Kier molecular flexibility index (Phi) is 12.1. The van der Waals surface area contributed by atoms with Crippen LogP contribution in [0.2, 0.25) is 0 Å². The second kappa shape index (κ2) is 15.7. The van der Waals surface area contributed by atoms with Crippen LogP contribution in [0, 0.1) is 23.3 Å². The summed E-state index contributed by atoms with van der Waals surface area (Å²) in [6, 6.07) is 5.75. The molecule has 2 amide bonds. The molecule has 0 bridgehead atoms. The largest absolute Gasteiger partial charge is 0.480 e. The molecule has 4 N–H and O–H groups in total. The number of unbranched alkanes of at least 4 members (excludes halogenated alkanes) is 1. The highest BCUT2D eigenvalue weighted by atomic mass is 19.2. The number of rotatable bonds is 15. The predicted octanol–water partition coefficient (Wildman–Crippen LogP) is 4.20. The van der Waals surface area contributed by atoms with Crippen LogP contribution < -0.4 is 10.6 Å². The third-order valence-electron chi connectivity index (χ3n) is 7.20. The summed E-state index contributed by atoms with van der Waals surface area (Å²) >= 11 is 0. The zero-order valence-electron chi connectivity index (χ0n) is 23.3. The second-order valence-corrected chi connectivity index (χ2v) is 10.1. The van der Waals surface area contributed by atoms with E-state index in [-0.39, 0.29) is 45.2 Å². The lowest BCUT2D eigenvalue weighted by Gasteiger charge is -2.29. The molecule has 3 rings (SSSR count). The van der Waals surface area contributed by atoms with Crippen LogP contribution >= 0.6 is 0 Å². The van der Waals surface area contributed by atoms with Gasteiger partial charge >= 0.3 is 11.9 Å². The van der Waals surface area contributed by atoms with Gasteiger partial charge in [0.25, 0.3) is 5.91 Å². The molecule has 3 unspecified atom stereocenters. The average molecular weight is 623 g/mol. The van der Waals surface area contributed by atoms with Crippen molar-refractivity contribution in [3.8, 4) is 0 Å². The Balaban J connectivity index is 1.67. The SMILES string of the molecule is [N-]=[N+]=Nc1c(F)c(F)c(C(=O)NCCCCC(NC(CCc2ccccc2)C(=O)O)C(=O)N2CCCC2C(=O)O)c(F)c1F. The van der Waals surface area contributed by atoms with E-state index in [4.69, 9.17) is 5.53 Å². The predicted molar refractivity (Wildman–Crippen MR) is 147 cm³/mol. The summed E-state index contributed by atoms with van der Waals surface area (Å²) in [7, 11) is 0. The molecule has 1 heterocycles. The summed E-state index contributed by atoms with van der Waals surface area (Å²) < 4.78 is 56.6. The maximum absolute atomic E-state index is 14.3. The van der Waals surface area contributed by atoms with E-state index in [2.05, 4.69) is 20.7 Å². The number of nitrogens with zero attached hydrogens (tertiary/aromatic N) is 4. The molecular formula is C28H30F4N6O6. The number of carbonyl (C=O) groups is 4. The number of carboxylic acids is 2. The average Bonchev–Trinajstić information content (AvgIpc) is 3.50. The van der Waals surface area contributed by atoms with Crippen LogP contribution in [0.15, 0.2) is 35.4 Å². The van der Waals surface area contributed by atoms with Crippen molar-refractivity contribution in [1.82, 2.24) is 15.5 Å². The summed E-state index contributed by atoms with van der Waals surface area (Å²) in [5, 5.41) is 26.9. The molecule has 2 aromatic carbocycles. The van der Waals surface area contributed by atoms with E-state index in [0.29, 0.717) is 12.8 Å². The van der Waals surface area contributed by atoms with E-state index in [0.717, 1.165) is 5.56 Å². The minimum atomic E-state index is -2.05. The van der Waals surface area contributed by atoms with Crippen LogP contribution in [-0.2, 0) is 20.8 Å². The first kappa shape index (κ1) is 33.8. The van der Waals surface area contributed by atoms with Crippen LogP contribution in [0.5, 0.6) is 0 Å². The van der Waals surface area contributed by atoms with Crippen LogP contribution in [0.1, 0.15) is 54.4 Å². The smallest absolute Gasteiger partial charge is 0.326 e. The molecular weight excluding hydrogens is 592 g/mol. The highest BCUT2D eigenvalue weighted by Gasteiger charge is 2.38. The molecule has 3 atom stereocenters. The number of amides is 2. The van der Waals surface area contributed by atoms with Crippen LogP contribution in [0.25, 0.3) is 10.4 Å². The Morgan fingerprint density at radius 3 is 2.23 bits per heavy atom. The number of hydrogen-bond donors (Lipinski definition) is 4. The summed E-state index contributed by atoms with van der Waals surface area (Å²) in [6.45, 7) is -0.0771. The molecule has 1 aliphatic rings. The van der Waals surface area contributed by atoms with Crippen molar-refractivity contribution in [2.75, 3.05) is 13.1 Å². The van der Waals surface area contributed by atoms with Crippen molar-refractivity contribution in [3.63, 3.8) is 0 Å². The fourth-order valence-electron chi connectivity index (χ4n) is 4.96. The maximum Gasteiger partial charge on any atom is 0.326 e. The van der Waals surface area contributed by atoms with Gasteiger partial charge in [0.2, 0.25) is 5.91 Å². The molecule has 0 radical (unpaired) electrons. The summed E-state index contributed by atoms with van der Waals surface area (Å²) in [4.78, 5) is 52.7. The van der Waals surface area contributed by atoms with Gasteiger partial charge in [-0.1, -0.05) is 35.4 Å². The zero-order valence-corrected chi connectivity index (χ0v) is 23.3. The number of nitrogens with one attached hydrogen (secondary N) is 2. The van der Waals surface area contributed by atoms with Crippen molar-refractivity contribution in [3.05, 3.63) is 75.2 Å². The standard InChI is InChI=1S/C28H30F4N6O6/c29-20-19(21(30)23(32)24(22(20)31)36-37-33)25(39)34-13-5-4-9-16(26(40)38-14-6-10-18(38)28(43)44)35-17(27(41)42)12-11-15-7-2-1-3-8-15/h1-3,7-8,16-18,35H,4-6,9-14H2,(H,34,39)(H,41,42)(H,43,44). The first-order chi connectivity index (χ1) is 21.0. The van der Waals surface area contributed by atoms with Crippen molar-refractivity contribution in [1.29, 1.82) is 0 Å². The van der Waals surface area contributed by atoms with Crippen molar-refractivity contribution < 1.29 is 47.0 Å². The van der Waals surface area contributed by atoms with E-state index >= 15 is 0 Å². The number of halogens is 4. The van der Waals surface area contributed by atoms with Crippen molar-refractivity contribution >= 4 is 29.4 Å². The fraction of sp³-hybridized carbons (Fsp3) is 0.429. The zero-order chi connectivity index (χ0) is 32.4. The second-order valence-electron chi connectivity index (χ2n) is 10.1. The van der Waals surface area contributed by atoms with E-state index in [9.17, 15) is 47.0 Å². The molecule has 16 heteroatoms. The van der Waals surface area contributed by atoms with Gasteiger partial charge in [0.1, 0.15) is 23.3 Å². The molecule has 2 aromatic rings. The van der Waals surface area contributed by atoms with Gasteiger partial charge in [0, 0.05) is 18.0 Å². The van der Waals surface area contributed by atoms with Gasteiger partial charge in [-0.15, -0.1) is 0 Å². The highest BCUT2D eigenvalue weighted by Crippen LogP contribution is 2.30. The fourth-order valence-corrected chi connectivity index (χ4v) is 4.96. The number of carbonyl (C=O) groups excluding carboxylic acids is 2. The van der Waals surface area contributed by atoms with Gasteiger partial charge < -0.3 is 20.4 Å². The molecule has 1 fully saturated rings. The number of benzene rings is 2. The normalized spacial score (nSPS) is 15.7. The lowest BCUT2D eigenvalue weighted by Crippen LogP contribution is -2.54. The summed E-state index contributed by atoms with van der Waals surface area (Å²) in [5.41, 5.74) is 6.10. The maximum atomic E-state index is 14.3. The first-order valence-electron chi connectivity index (χ1n) is 13.7. The molecule has 0 aliphatic carbocycles. The quantitative estimate of drug-likeness (QED) is 0.0572. The number of hydrogen-bond acceptors (Lipinski definition) is 6. The minimum absolute atomic E-state index is 0.0134. The molecule has 0 saturated carbocycles. The minimum Gasteiger partial charge on any atom is -0.480 e. The number of aryl methyl sites for hydroxylation is 1. The molecule has 0 spiro atoms. The third-order valence-corrected chi connectivity index (χ3v) is 7.20. The van der Waals surface area contributed by atoms with Crippen LogP contribution in [0.3, 0.4) is 0 Å². The van der Waals surface area contributed by atoms with Gasteiger partial charge in [0.05, 0.1) is 6.04 Å². The van der Waals surface area contributed by atoms with Gasteiger partial charge in [-0.25, -0.2) is 22.4 Å². The molecule has 1 aliphatic heterocycles. The number of azide groups is 1. The number of carboxylic acid groups (broad SMARTS) is 2. The third kappa shape index (κ3) is 8.23. The Bertz CT molecular complexity index is 1410. The molecule has 236 valence electrons. The van der Waals surface area contributed by atoms with Crippen molar-refractivity contribution in [2.45, 2.75) is 63.1 Å². The van der Waals surface area contributed by atoms with Gasteiger partial charge in [0.15, 0.2) is 23.3 Å². The Morgan fingerprint density at radius 1 is 0.977 bits per heavy atom. The Labute approximate surface area is 248 Å². The van der Waals surface area contributed by atoms with Gasteiger partial charge in [-0.3, -0.25) is 19.7 Å². The number of aliphatic carboxylic acids is 2.